The summed E-state index contributed by atoms with van der Waals surface area (Å²) >= 11 is 3.48. The molecule has 0 aliphatic carbocycles. The van der Waals surface area contributed by atoms with Crippen LogP contribution in [-0.2, 0) is 12.8 Å². The van der Waals surface area contributed by atoms with Crippen molar-refractivity contribution in [2.75, 3.05) is 11.9 Å². The van der Waals surface area contributed by atoms with E-state index in [1.165, 1.54) is 19.3 Å². The lowest BCUT2D eigenvalue weighted by Gasteiger charge is -2.13. The van der Waals surface area contributed by atoms with E-state index in [9.17, 15) is 4.79 Å². The molecule has 2 heterocycles. The molecule has 6 heteroatoms. The van der Waals surface area contributed by atoms with Gasteiger partial charge in [0.2, 0.25) is 0 Å². The Bertz CT molecular complexity index is 1480. The maximum Gasteiger partial charge on any atom is 0.278 e. The molecule has 3 aromatic carbocycles. The van der Waals surface area contributed by atoms with E-state index >= 15 is 0 Å². The minimum atomic E-state index is -0.0846. The maximum absolute atomic E-state index is 13.6. The molecule has 5 rings (SSSR count). The number of imidazole rings is 1. The monoisotopic (exact) mass is 569 g/mol. The van der Waals surface area contributed by atoms with Crippen LogP contribution in [0.5, 0.6) is 5.75 Å². The lowest BCUT2D eigenvalue weighted by atomic mass is 10.1. The number of fused-ring (bicyclic) bond motifs is 1. The van der Waals surface area contributed by atoms with Crippen LogP contribution >= 0.6 is 15.9 Å². The van der Waals surface area contributed by atoms with Crippen molar-refractivity contribution in [2.45, 2.75) is 38.5 Å². The molecule has 194 valence electrons. The SMILES string of the molecule is O=c1c(Cc2cccc(OCCCCCCBr)c2)nc2c(Cc3ccccc3)[nH]c(-c3ccccc3)cn1-2. The Balaban J connectivity index is 1.42. The molecule has 0 saturated carbocycles. The van der Waals surface area contributed by atoms with Crippen molar-refractivity contribution in [3.05, 3.63) is 124 Å². The second kappa shape index (κ2) is 12.7. The number of H-pyrrole nitrogens is 1. The van der Waals surface area contributed by atoms with Gasteiger partial charge in [0, 0.05) is 24.4 Å². The van der Waals surface area contributed by atoms with Crippen LogP contribution in [0.2, 0.25) is 0 Å². The molecule has 2 aliphatic rings. The molecule has 38 heavy (non-hydrogen) atoms. The van der Waals surface area contributed by atoms with E-state index in [-0.39, 0.29) is 5.56 Å². The van der Waals surface area contributed by atoms with Gasteiger partial charge in [-0.2, -0.15) is 0 Å². The summed E-state index contributed by atoms with van der Waals surface area (Å²) in [6.45, 7) is 0.702. The average Bonchev–Trinajstić information content (AvgIpc) is 3.27. The Hall–Kier alpha value is -3.64. The molecule has 0 fully saturated rings. The largest absolute Gasteiger partial charge is 0.494 e. The van der Waals surface area contributed by atoms with Gasteiger partial charge in [0.1, 0.15) is 11.4 Å². The third kappa shape index (κ3) is 6.43. The minimum absolute atomic E-state index is 0.0846. The number of ether oxygens (including phenoxy) is 1. The van der Waals surface area contributed by atoms with Gasteiger partial charge in [-0.3, -0.25) is 9.36 Å². The van der Waals surface area contributed by atoms with E-state index in [4.69, 9.17) is 9.72 Å². The molecule has 0 saturated heterocycles. The topological polar surface area (TPSA) is 59.9 Å². The first-order valence-electron chi connectivity index (χ1n) is 13.2. The first kappa shape index (κ1) is 26.0. The number of hydrogen-bond donors (Lipinski definition) is 1. The fourth-order valence-corrected chi connectivity index (χ4v) is 5.06. The molecule has 3 aromatic rings. The van der Waals surface area contributed by atoms with Crippen LogP contribution in [0.15, 0.2) is 95.9 Å². The molecule has 1 N–H and O–H groups in total. The predicted molar refractivity (Wildman–Crippen MR) is 157 cm³/mol. The van der Waals surface area contributed by atoms with E-state index in [0.717, 1.165) is 45.6 Å². The number of nitrogens with one attached hydrogen (secondary N) is 1. The number of unbranched alkanes of at least 4 members (excludes halogenated alkanes) is 3. The Morgan fingerprint density at radius 2 is 1.55 bits per heavy atom. The van der Waals surface area contributed by atoms with Crippen molar-refractivity contribution in [1.29, 1.82) is 0 Å². The molecule has 2 aliphatic heterocycles. The Morgan fingerprint density at radius 3 is 2.34 bits per heavy atom. The van der Waals surface area contributed by atoms with Crippen molar-refractivity contribution in [1.82, 2.24) is 14.5 Å². The summed E-state index contributed by atoms with van der Waals surface area (Å²) in [7, 11) is 0. The van der Waals surface area contributed by atoms with Gasteiger partial charge in [-0.05, 0) is 41.7 Å². The maximum atomic E-state index is 13.6. The number of aromatic amines is 1. The quantitative estimate of drug-likeness (QED) is 0.128. The first-order chi connectivity index (χ1) is 18.7. The second-order valence-electron chi connectivity index (χ2n) is 9.51. The van der Waals surface area contributed by atoms with E-state index in [1.807, 2.05) is 79.0 Å². The van der Waals surface area contributed by atoms with Crippen LogP contribution < -0.4 is 10.3 Å². The van der Waals surface area contributed by atoms with Crippen molar-refractivity contribution in [3.8, 4) is 22.8 Å². The second-order valence-corrected chi connectivity index (χ2v) is 10.3. The van der Waals surface area contributed by atoms with Crippen LogP contribution in [-0.4, -0.2) is 26.5 Å². The summed E-state index contributed by atoms with van der Waals surface area (Å²) in [5.41, 5.74) is 5.44. The van der Waals surface area contributed by atoms with Crippen LogP contribution in [0.1, 0.15) is 48.2 Å². The number of nitrogens with zero attached hydrogens (tertiary/aromatic N) is 2. The zero-order valence-corrected chi connectivity index (χ0v) is 23.0. The van der Waals surface area contributed by atoms with Crippen LogP contribution in [0.25, 0.3) is 17.1 Å². The lowest BCUT2D eigenvalue weighted by molar-refractivity contribution is 0.305. The van der Waals surface area contributed by atoms with E-state index in [1.54, 1.807) is 4.57 Å². The number of halogens is 1. The Morgan fingerprint density at radius 1 is 0.816 bits per heavy atom. The normalized spacial score (nSPS) is 11.2. The zero-order valence-electron chi connectivity index (χ0n) is 21.4. The first-order valence-corrected chi connectivity index (χ1v) is 14.3. The van der Waals surface area contributed by atoms with Crippen molar-refractivity contribution < 1.29 is 4.74 Å². The van der Waals surface area contributed by atoms with Crippen molar-refractivity contribution in [3.63, 3.8) is 0 Å². The van der Waals surface area contributed by atoms with Crippen molar-refractivity contribution >= 4 is 15.9 Å². The molecular formula is C32H32BrN3O2. The van der Waals surface area contributed by atoms with Gasteiger partial charge in [-0.25, -0.2) is 4.98 Å². The summed E-state index contributed by atoms with van der Waals surface area (Å²) in [6.07, 6.45) is 7.59. The number of alkyl halides is 1. The number of rotatable bonds is 12. The number of benzene rings is 3. The van der Waals surface area contributed by atoms with Gasteiger partial charge in [0.05, 0.1) is 18.0 Å². The van der Waals surface area contributed by atoms with Crippen LogP contribution in [0.3, 0.4) is 0 Å². The molecule has 0 atom stereocenters. The standard InChI is InChI=1S/C32H32BrN3O2/c33-18-9-1-2-10-19-38-27-17-11-14-25(20-27)22-29-32(37)36-23-30(26-15-7-4-8-16-26)34-28(31(36)35-29)21-24-12-5-3-6-13-24/h3-8,11-17,20,23,34H,1-2,9-10,18-19,21-22H2. The van der Waals surface area contributed by atoms with Gasteiger partial charge in [-0.15, -0.1) is 0 Å². The molecular weight excluding hydrogens is 538 g/mol. The van der Waals surface area contributed by atoms with E-state index < -0.39 is 0 Å². The highest BCUT2D eigenvalue weighted by Gasteiger charge is 2.20. The number of hydrogen-bond acceptors (Lipinski definition) is 3. The highest BCUT2D eigenvalue weighted by molar-refractivity contribution is 9.09. The van der Waals surface area contributed by atoms with E-state index in [2.05, 4.69) is 33.0 Å². The Kier molecular flexibility index (Phi) is 8.71. The highest BCUT2D eigenvalue weighted by atomic mass is 79.9. The van der Waals surface area contributed by atoms with Crippen LogP contribution in [0, 0.1) is 0 Å². The summed E-state index contributed by atoms with van der Waals surface area (Å²) < 4.78 is 7.68. The molecule has 5 nitrogen and oxygen atoms in total. The molecule has 0 unspecified atom stereocenters. The highest BCUT2D eigenvalue weighted by Crippen LogP contribution is 2.24. The smallest absolute Gasteiger partial charge is 0.278 e. The number of aromatic nitrogens is 3. The fraction of sp³-hybridized carbons (Fsp3) is 0.250. The van der Waals surface area contributed by atoms with Gasteiger partial charge >= 0.3 is 0 Å². The Labute approximate surface area is 232 Å². The third-order valence-electron chi connectivity index (χ3n) is 6.62. The van der Waals surface area contributed by atoms with Gasteiger partial charge < -0.3 is 9.72 Å². The van der Waals surface area contributed by atoms with Crippen molar-refractivity contribution in [2.24, 2.45) is 0 Å². The summed E-state index contributed by atoms with van der Waals surface area (Å²) in [5.74, 6) is 1.51. The average molecular weight is 571 g/mol. The van der Waals surface area contributed by atoms with Gasteiger partial charge in [0.25, 0.3) is 5.56 Å². The zero-order chi connectivity index (χ0) is 26.2. The van der Waals surface area contributed by atoms with Gasteiger partial charge in [-0.1, -0.05) is 102 Å². The molecule has 0 radical (unpaired) electrons. The molecule has 0 spiro atoms. The third-order valence-corrected chi connectivity index (χ3v) is 7.18. The summed E-state index contributed by atoms with van der Waals surface area (Å²) in [6, 6.07) is 28.3. The van der Waals surface area contributed by atoms with Crippen LogP contribution in [0.4, 0.5) is 0 Å². The molecule has 0 amide bonds. The lowest BCUT2D eigenvalue weighted by Crippen LogP contribution is -2.17. The minimum Gasteiger partial charge on any atom is -0.494 e. The predicted octanol–water partition coefficient (Wildman–Crippen LogP) is 7.18. The van der Waals surface area contributed by atoms with E-state index in [0.29, 0.717) is 31.0 Å². The fourth-order valence-electron chi connectivity index (χ4n) is 4.66. The van der Waals surface area contributed by atoms with Gasteiger partial charge in [0.15, 0.2) is 5.82 Å². The molecule has 0 bridgehead atoms. The molecule has 0 aromatic heterocycles. The summed E-state index contributed by atoms with van der Waals surface area (Å²) in [5, 5.41) is 1.06. The summed E-state index contributed by atoms with van der Waals surface area (Å²) in [4.78, 5) is 22.0.